The standard InChI is InChI=1S/C15H21F2NO2/c1-11(2)9-18(7-8-20-3)10-14(19)15-12(16)5-4-6-13(15)17/h4-6,11H,7-10H2,1-3H3. The van der Waals surface area contributed by atoms with Crippen molar-refractivity contribution in [2.45, 2.75) is 13.8 Å². The number of nitrogens with zero attached hydrogens (tertiary/aromatic N) is 1. The molecule has 1 aromatic carbocycles. The molecule has 0 atom stereocenters. The number of carbonyl (C=O) groups excluding carboxylic acids is 1. The van der Waals surface area contributed by atoms with Crippen molar-refractivity contribution in [2.75, 3.05) is 33.4 Å². The minimum Gasteiger partial charge on any atom is -0.383 e. The smallest absolute Gasteiger partial charge is 0.182 e. The first-order valence-corrected chi connectivity index (χ1v) is 6.64. The highest BCUT2D eigenvalue weighted by Gasteiger charge is 2.20. The minimum atomic E-state index is -0.814. The molecule has 0 heterocycles. The highest BCUT2D eigenvalue weighted by atomic mass is 19.1. The van der Waals surface area contributed by atoms with Crippen LogP contribution in [0.1, 0.15) is 24.2 Å². The van der Waals surface area contributed by atoms with Crippen LogP contribution in [-0.2, 0) is 4.74 Å². The van der Waals surface area contributed by atoms with Crippen molar-refractivity contribution in [3.8, 4) is 0 Å². The Balaban J connectivity index is 2.79. The Morgan fingerprint density at radius 1 is 1.30 bits per heavy atom. The molecule has 0 bridgehead atoms. The molecule has 5 heteroatoms. The molecular weight excluding hydrogens is 264 g/mol. The Hall–Kier alpha value is -1.33. The summed E-state index contributed by atoms with van der Waals surface area (Å²) in [7, 11) is 1.58. The molecule has 0 N–H and O–H groups in total. The lowest BCUT2D eigenvalue weighted by Gasteiger charge is -2.23. The number of Topliss-reactive ketones (excluding diaryl/α,β-unsaturated/α-hetero) is 1. The third kappa shape index (κ3) is 4.98. The second-order valence-corrected chi connectivity index (χ2v) is 5.14. The molecule has 0 saturated heterocycles. The first-order chi connectivity index (χ1) is 9.45. The van der Waals surface area contributed by atoms with Crippen molar-refractivity contribution in [3.05, 3.63) is 35.4 Å². The maximum Gasteiger partial charge on any atom is 0.182 e. The molecule has 0 aliphatic carbocycles. The summed E-state index contributed by atoms with van der Waals surface area (Å²) in [6.45, 7) is 5.72. The molecular formula is C15H21F2NO2. The van der Waals surface area contributed by atoms with E-state index in [1.165, 1.54) is 6.07 Å². The molecule has 0 unspecified atom stereocenters. The van der Waals surface area contributed by atoms with Crippen LogP contribution in [0, 0.1) is 17.6 Å². The summed E-state index contributed by atoms with van der Waals surface area (Å²) in [6, 6.07) is 3.44. The summed E-state index contributed by atoms with van der Waals surface area (Å²) in [5.74, 6) is -1.82. The van der Waals surface area contributed by atoms with E-state index in [-0.39, 0.29) is 6.54 Å². The van der Waals surface area contributed by atoms with Crippen molar-refractivity contribution in [1.29, 1.82) is 0 Å². The van der Waals surface area contributed by atoms with Gasteiger partial charge in [-0.1, -0.05) is 19.9 Å². The van der Waals surface area contributed by atoms with E-state index >= 15 is 0 Å². The van der Waals surface area contributed by atoms with E-state index in [1.54, 1.807) is 7.11 Å². The van der Waals surface area contributed by atoms with E-state index in [9.17, 15) is 13.6 Å². The van der Waals surface area contributed by atoms with Crippen molar-refractivity contribution in [2.24, 2.45) is 5.92 Å². The molecule has 0 aromatic heterocycles. The van der Waals surface area contributed by atoms with E-state index in [1.807, 2.05) is 18.7 Å². The van der Waals surface area contributed by atoms with Crippen LogP contribution in [0.15, 0.2) is 18.2 Å². The van der Waals surface area contributed by atoms with Gasteiger partial charge in [0, 0.05) is 20.2 Å². The topological polar surface area (TPSA) is 29.5 Å². The third-order valence-electron chi connectivity index (χ3n) is 2.84. The maximum atomic E-state index is 13.6. The van der Waals surface area contributed by atoms with Crippen molar-refractivity contribution < 1.29 is 18.3 Å². The normalized spacial score (nSPS) is 11.3. The molecule has 0 spiro atoms. The fraction of sp³-hybridized carbons (Fsp3) is 0.533. The Bertz CT molecular complexity index is 429. The predicted octanol–water partition coefficient (Wildman–Crippen LogP) is 2.75. The van der Waals surface area contributed by atoms with Gasteiger partial charge in [-0.3, -0.25) is 9.69 Å². The fourth-order valence-electron chi connectivity index (χ4n) is 2.02. The minimum absolute atomic E-state index is 0.0145. The average molecular weight is 285 g/mol. The maximum absolute atomic E-state index is 13.6. The van der Waals surface area contributed by atoms with Crippen molar-refractivity contribution in [1.82, 2.24) is 4.90 Å². The lowest BCUT2D eigenvalue weighted by atomic mass is 10.1. The van der Waals surface area contributed by atoms with Crippen LogP contribution in [0.2, 0.25) is 0 Å². The summed E-state index contributed by atoms with van der Waals surface area (Å²) in [6.07, 6.45) is 0. The Morgan fingerprint density at radius 3 is 2.40 bits per heavy atom. The number of methoxy groups -OCH3 is 1. The summed E-state index contributed by atoms with van der Waals surface area (Å²) in [4.78, 5) is 13.9. The van der Waals surface area contributed by atoms with E-state index in [4.69, 9.17) is 4.74 Å². The number of ketones is 1. The lowest BCUT2D eigenvalue weighted by Crippen LogP contribution is -2.36. The summed E-state index contributed by atoms with van der Waals surface area (Å²) in [5.41, 5.74) is -0.460. The van der Waals surface area contributed by atoms with Crippen LogP contribution in [-0.4, -0.2) is 44.0 Å². The molecule has 0 radical (unpaired) electrons. The second kappa shape index (κ2) is 8.07. The zero-order valence-electron chi connectivity index (χ0n) is 12.2. The molecule has 0 aliphatic rings. The van der Waals surface area contributed by atoms with E-state index < -0.39 is 23.0 Å². The Morgan fingerprint density at radius 2 is 1.90 bits per heavy atom. The number of ether oxygens (including phenoxy) is 1. The summed E-state index contributed by atoms with van der Waals surface area (Å²) >= 11 is 0. The molecule has 1 rings (SSSR count). The Labute approximate surface area is 118 Å². The average Bonchev–Trinajstić information content (AvgIpc) is 2.35. The molecule has 20 heavy (non-hydrogen) atoms. The van der Waals surface area contributed by atoms with Gasteiger partial charge in [-0.05, 0) is 18.1 Å². The number of rotatable bonds is 8. The number of hydrogen-bond donors (Lipinski definition) is 0. The highest BCUT2D eigenvalue weighted by Crippen LogP contribution is 2.13. The van der Waals surface area contributed by atoms with Gasteiger partial charge in [0.25, 0.3) is 0 Å². The second-order valence-electron chi connectivity index (χ2n) is 5.14. The van der Waals surface area contributed by atoms with Crippen LogP contribution >= 0.6 is 0 Å². The number of halogens is 2. The van der Waals surface area contributed by atoms with E-state index in [0.29, 0.717) is 25.6 Å². The first kappa shape index (κ1) is 16.7. The summed E-state index contributed by atoms with van der Waals surface area (Å²) < 4.78 is 32.1. The SMILES string of the molecule is COCCN(CC(=O)c1c(F)cccc1F)CC(C)C. The first-order valence-electron chi connectivity index (χ1n) is 6.64. The van der Waals surface area contributed by atoms with Crippen molar-refractivity contribution in [3.63, 3.8) is 0 Å². The van der Waals surface area contributed by atoms with Gasteiger partial charge in [-0.25, -0.2) is 8.78 Å². The quantitative estimate of drug-likeness (QED) is 0.688. The molecule has 1 aromatic rings. The van der Waals surface area contributed by atoms with Crippen LogP contribution in [0.4, 0.5) is 8.78 Å². The van der Waals surface area contributed by atoms with Crippen LogP contribution in [0.3, 0.4) is 0 Å². The molecule has 0 fully saturated rings. The molecule has 3 nitrogen and oxygen atoms in total. The van der Waals surface area contributed by atoms with Gasteiger partial charge in [0.05, 0.1) is 18.7 Å². The zero-order chi connectivity index (χ0) is 15.1. The summed E-state index contributed by atoms with van der Waals surface area (Å²) in [5, 5.41) is 0. The van der Waals surface area contributed by atoms with Crippen molar-refractivity contribution >= 4 is 5.78 Å². The van der Waals surface area contributed by atoms with Gasteiger partial charge in [0.2, 0.25) is 0 Å². The van der Waals surface area contributed by atoms with Gasteiger partial charge in [0.15, 0.2) is 5.78 Å². The van der Waals surface area contributed by atoms with E-state index in [2.05, 4.69) is 0 Å². The Kier molecular flexibility index (Phi) is 6.75. The zero-order valence-corrected chi connectivity index (χ0v) is 12.2. The number of carbonyl (C=O) groups is 1. The van der Waals surface area contributed by atoms with Gasteiger partial charge >= 0.3 is 0 Å². The molecule has 0 aliphatic heterocycles. The van der Waals surface area contributed by atoms with Gasteiger partial charge in [-0.15, -0.1) is 0 Å². The van der Waals surface area contributed by atoms with Crippen LogP contribution in [0.5, 0.6) is 0 Å². The largest absolute Gasteiger partial charge is 0.383 e. The lowest BCUT2D eigenvalue weighted by molar-refractivity contribution is 0.0873. The van der Waals surface area contributed by atoms with Gasteiger partial charge in [0.1, 0.15) is 11.6 Å². The molecule has 0 saturated carbocycles. The third-order valence-corrected chi connectivity index (χ3v) is 2.84. The van der Waals surface area contributed by atoms with E-state index in [0.717, 1.165) is 12.1 Å². The molecule has 0 amide bonds. The number of benzene rings is 1. The van der Waals surface area contributed by atoms with Crippen LogP contribution < -0.4 is 0 Å². The fourth-order valence-corrected chi connectivity index (χ4v) is 2.02. The highest BCUT2D eigenvalue weighted by molar-refractivity contribution is 5.98. The van der Waals surface area contributed by atoms with Gasteiger partial charge < -0.3 is 4.74 Å². The predicted molar refractivity (Wildman–Crippen MR) is 73.8 cm³/mol. The van der Waals surface area contributed by atoms with Gasteiger partial charge in [-0.2, -0.15) is 0 Å². The molecule has 112 valence electrons. The van der Waals surface area contributed by atoms with Crippen LogP contribution in [0.25, 0.3) is 0 Å². The monoisotopic (exact) mass is 285 g/mol. The number of hydrogen-bond acceptors (Lipinski definition) is 3.